The normalized spacial score (nSPS) is 10.4. The molecule has 0 radical (unpaired) electrons. The van der Waals surface area contributed by atoms with Crippen molar-refractivity contribution in [3.05, 3.63) is 28.2 Å². The lowest BCUT2D eigenvalue weighted by atomic mass is 10.2. The third-order valence-electron chi connectivity index (χ3n) is 1.36. The molecule has 1 rings (SSSR count). The average Bonchev–Trinajstić information content (AvgIpc) is 2.10. The van der Waals surface area contributed by atoms with E-state index in [1.54, 1.807) is 12.1 Å². The minimum absolute atomic E-state index is 0.144. The lowest BCUT2D eigenvalue weighted by molar-refractivity contribution is 0.249. The van der Waals surface area contributed by atoms with Crippen LogP contribution >= 0.6 is 15.9 Å². The molecular formula is C8H8BrN3O2. The molecule has 74 valence electrons. The van der Waals surface area contributed by atoms with Gasteiger partial charge >= 0.3 is 6.03 Å². The number of carbonyl (C=O) groups excluding carboxylic acids is 1. The number of nitrogens with zero attached hydrogens (tertiary/aromatic N) is 1. The van der Waals surface area contributed by atoms with Gasteiger partial charge in [-0.3, -0.25) is 0 Å². The third-order valence-corrected chi connectivity index (χ3v) is 2.00. The zero-order valence-electron chi connectivity index (χ0n) is 7.07. The first kappa shape index (κ1) is 10.5. The highest BCUT2D eigenvalue weighted by atomic mass is 79.9. The summed E-state index contributed by atoms with van der Waals surface area (Å²) in [5.41, 5.74) is 7.58. The number of nitrogens with two attached hydrogens (primary N) is 1. The molecule has 5 nitrogen and oxygen atoms in total. The number of aromatic hydroxyl groups is 1. The predicted molar refractivity (Wildman–Crippen MR) is 56.1 cm³/mol. The van der Waals surface area contributed by atoms with E-state index in [2.05, 4.69) is 26.5 Å². The molecule has 0 saturated heterocycles. The van der Waals surface area contributed by atoms with Crippen molar-refractivity contribution < 1.29 is 9.90 Å². The monoisotopic (exact) mass is 257 g/mol. The Morgan fingerprint density at radius 1 is 1.64 bits per heavy atom. The van der Waals surface area contributed by atoms with E-state index in [0.29, 0.717) is 4.47 Å². The van der Waals surface area contributed by atoms with Gasteiger partial charge in [0.25, 0.3) is 0 Å². The summed E-state index contributed by atoms with van der Waals surface area (Å²) >= 11 is 3.14. The van der Waals surface area contributed by atoms with Gasteiger partial charge in [-0.25, -0.2) is 10.2 Å². The lowest BCUT2D eigenvalue weighted by Gasteiger charge is -1.97. The third kappa shape index (κ3) is 3.06. The zero-order chi connectivity index (χ0) is 10.6. The van der Waals surface area contributed by atoms with Crippen molar-refractivity contribution in [3.63, 3.8) is 0 Å². The second kappa shape index (κ2) is 4.61. The SMILES string of the molecule is NC(=O)N/N=C\c1ccc(O)c(Br)c1. The number of urea groups is 1. The fourth-order valence-electron chi connectivity index (χ4n) is 0.774. The van der Waals surface area contributed by atoms with Gasteiger partial charge in [0.05, 0.1) is 10.7 Å². The molecular weight excluding hydrogens is 250 g/mol. The van der Waals surface area contributed by atoms with Crippen LogP contribution in [0.1, 0.15) is 5.56 Å². The Kier molecular flexibility index (Phi) is 3.47. The van der Waals surface area contributed by atoms with E-state index in [1.807, 2.05) is 0 Å². The van der Waals surface area contributed by atoms with Crippen molar-refractivity contribution in [2.45, 2.75) is 0 Å². The van der Waals surface area contributed by atoms with Crippen LogP contribution in [0.2, 0.25) is 0 Å². The van der Waals surface area contributed by atoms with Gasteiger partial charge in [-0.05, 0) is 39.7 Å². The Morgan fingerprint density at radius 3 is 2.93 bits per heavy atom. The van der Waals surface area contributed by atoms with Crippen molar-refractivity contribution in [1.29, 1.82) is 0 Å². The van der Waals surface area contributed by atoms with Gasteiger partial charge in [-0.15, -0.1) is 0 Å². The van der Waals surface area contributed by atoms with Crippen LogP contribution in [0.3, 0.4) is 0 Å². The molecule has 1 aromatic rings. The number of rotatable bonds is 2. The maximum atomic E-state index is 10.3. The molecule has 1 aromatic carbocycles. The Bertz CT molecular complexity index is 379. The smallest absolute Gasteiger partial charge is 0.332 e. The molecule has 14 heavy (non-hydrogen) atoms. The second-order valence-corrected chi connectivity index (χ2v) is 3.30. The topological polar surface area (TPSA) is 87.7 Å². The molecule has 0 fully saturated rings. The number of hydrogen-bond donors (Lipinski definition) is 3. The summed E-state index contributed by atoms with van der Waals surface area (Å²) in [6.45, 7) is 0. The van der Waals surface area contributed by atoms with E-state index >= 15 is 0 Å². The van der Waals surface area contributed by atoms with Crippen LogP contribution in [0.25, 0.3) is 0 Å². The Hall–Kier alpha value is -1.56. The van der Waals surface area contributed by atoms with Crippen LogP contribution in [0.5, 0.6) is 5.75 Å². The van der Waals surface area contributed by atoms with Gasteiger partial charge in [0.15, 0.2) is 0 Å². The molecule has 0 heterocycles. The minimum Gasteiger partial charge on any atom is -0.507 e. The van der Waals surface area contributed by atoms with E-state index in [1.165, 1.54) is 12.3 Å². The fraction of sp³-hybridized carbons (Fsp3) is 0. The first-order valence-corrected chi connectivity index (χ1v) is 4.46. The first-order valence-electron chi connectivity index (χ1n) is 3.66. The number of primary amides is 1. The van der Waals surface area contributed by atoms with E-state index in [-0.39, 0.29) is 5.75 Å². The number of hydrazone groups is 1. The number of phenolic OH excluding ortho intramolecular Hbond substituents is 1. The number of benzene rings is 1. The van der Waals surface area contributed by atoms with Gasteiger partial charge < -0.3 is 10.8 Å². The molecule has 6 heteroatoms. The highest BCUT2D eigenvalue weighted by molar-refractivity contribution is 9.10. The first-order chi connectivity index (χ1) is 6.59. The minimum atomic E-state index is -0.723. The molecule has 0 aliphatic rings. The number of carbonyl (C=O) groups is 1. The zero-order valence-corrected chi connectivity index (χ0v) is 8.65. The number of nitrogens with one attached hydrogen (secondary N) is 1. The highest BCUT2D eigenvalue weighted by Crippen LogP contribution is 2.23. The number of amides is 2. The van der Waals surface area contributed by atoms with Crippen molar-refractivity contribution in [2.75, 3.05) is 0 Å². The maximum Gasteiger partial charge on any atom is 0.332 e. The van der Waals surface area contributed by atoms with Crippen molar-refractivity contribution in [3.8, 4) is 5.75 Å². The molecule has 2 amide bonds. The van der Waals surface area contributed by atoms with Crippen LogP contribution in [0.4, 0.5) is 4.79 Å². The van der Waals surface area contributed by atoms with Crippen molar-refractivity contribution in [1.82, 2.24) is 5.43 Å². The van der Waals surface area contributed by atoms with Gasteiger partial charge in [-0.2, -0.15) is 5.10 Å². The summed E-state index contributed by atoms with van der Waals surface area (Å²) in [7, 11) is 0. The summed E-state index contributed by atoms with van der Waals surface area (Å²) < 4.78 is 0.556. The number of halogens is 1. The van der Waals surface area contributed by atoms with Crippen LogP contribution in [-0.2, 0) is 0 Å². The van der Waals surface area contributed by atoms with Crippen LogP contribution < -0.4 is 11.2 Å². The fourth-order valence-corrected chi connectivity index (χ4v) is 1.17. The molecule has 0 bridgehead atoms. The Morgan fingerprint density at radius 2 is 2.36 bits per heavy atom. The summed E-state index contributed by atoms with van der Waals surface area (Å²) in [6, 6.07) is 4.09. The molecule has 0 unspecified atom stereocenters. The van der Waals surface area contributed by atoms with Crippen molar-refractivity contribution >= 4 is 28.2 Å². The van der Waals surface area contributed by atoms with E-state index in [9.17, 15) is 9.90 Å². The van der Waals surface area contributed by atoms with Crippen LogP contribution in [0, 0.1) is 0 Å². The molecule has 0 aliphatic carbocycles. The molecule has 0 saturated carbocycles. The molecule has 0 atom stereocenters. The van der Waals surface area contributed by atoms with Crippen molar-refractivity contribution in [2.24, 2.45) is 10.8 Å². The van der Waals surface area contributed by atoms with E-state index in [0.717, 1.165) is 5.56 Å². The average molecular weight is 258 g/mol. The molecule has 0 aliphatic heterocycles. The largest absolute Gasteiger partial charge is 0.507 e. The summed E-state index contributed by atoms with van der Waals surface area (Å²) in [6.07, 6.45) is 1.41. The molecule has 4 N–H and O–H groups in total. The Labute approximate surface area is 88.7 Å². The van der Waals surface area contributed by atoms with Gasteiger partial charge in [0.1, 0.15) is 5.75 Å². The maximum absolute atomic E-state index is 10.3. The van der Waals surface area contributed by atoms with E-state index in [4.69, 9.17) is 5.73 Å². The number of phenols is 1. The highest BCUT2D eigenvalue weighted by Gasteiger charge is 1.96. The summed E-state index contributed by atoms with van der Waals surface area (Å²) in [4.78, 5) is 10.3. The summed E-state index contributed by atoms with van der Waals surface area (Å²) in [5.74, 6) is 0.144. The Balaban J connectivity index is 2.73. The molecule has 0 spiro atoms. The van der Waals surface area contributed by atoms with Crippen LogP contribution in [-0.4, -0.2) is 17.4 Å². The van der Waals surface area contributed by atoms with E-state index < -0.39 is 6.03 Å². The quantitative estimate of drug-likeness (QED) is 0.549. The predicted octanol–water partition coefficient (Wildman–Crippen LogP) is 1.16. The number of hydrogen-bond acceptors (Lipinski definition) is 3. The molecule has 0 aromatic heterocycles. The standard InChI is InChI=1S/C8H8BrN3O2/c9-6-3-5(1-2-7(6)13)4-11-12-8(10)14/h1-4,13H,(H3,10,12,14)/b11-4-. The van der Waals surface area contributed by atoms with Gasteiger partial charge in [-0.1, -0.05) is 0 Å². The summed E-state index contributed by atoms with van der Waals surface area (Å²) in [5, 5.41) is 12.7. The van der Waals surface area contributed by atoms with Crippen LogP contribution in [0.15, 0.2) is 27.8 Å². The van der Waals surface area contributed by atoms with Gasteiger partial charge in [0.2, 0.25) is 0 Å². The lowest BCUT2D eigenvalue weighted by Crippen LogP contribution is -2.24. The second-order valence-electron chi connectivity index (χ2n) is 2.45. The van der Waals surface area contributed by atoms with Gasteiger partial charge in [0, 0.05) is 0 Å².